The number of rotatable bonds is 4. The van der Waals surface area contributed by atoms with Gasteiger partial charge in [0.15, 0.2) is 0 Å². The van der Waals surface area contributed by atoms with Gasteiger partial charge >= 0.3 is 0 Å². The van der Waals surface area contributed by atoms with Gasteiger partial charge < -0.3 is 9.30 Å². The SMILES string of the molecule is COC(C)Cn1c(CCl)nc2ccc(C#N)cc21. The Kier molecular flexibility index (Phi) is 3.85. The van der Waals surface area contributed by atoms with Gasteiger partial charge in [0.1, 0.15) is 5.82 Å². The Morgan fingerprint density at radius 3 is 2.94 bits per heavy atom. The van der Waals surface area contributed by atoms with E-state index in [1.807, 2.05) is 23.6 Å². The highest BCUT2D eigenvalue weighted by atomic mass is 35.5. The summed E-state index contributed by atoms with van der Waals surface area (Å²) in [4.78, 5) is 4.46. The minimum Gasteiger partial charge on any atom is -0.380 e. The molecule has 0 aliphatic heterocycles. The molecule has 0 spiro atoms. The molecule has 1 unspecified atom stereocenters. The zero-order chi connectivity index (χ0) is 13.1. The van der Waals surface area contributed by atoms with E-state index in [-0.39, 0.29) is 6.10 Å². The molecular formula is C13H14ClN3O. The Morgan fingerprint density at radius 2 is 2.33 bits per heavy atom. The summed E-state index contributed by atoms with van der Waals surface area (Å²) in [6, 6.07) is 7.58. The molecule has 0 amide bonds. The van der Waals surface area contributed by atoms with Crippen molar-refractivity contribution in [2.75, 3.05) is 7.11 Å². The van der Waals surface area contributed by atoms with E-state index >= 15 is 0 Å². The van der Waals surface area contributed by atoms with Gasteiger partial charge in [-0.2, -0.15) is 5.26 Å². The number of ether oxygens (including phenoxy) is 1. The van der Waals surface area contributed by atoms with Gasteiger partial charge in [-0.25, -0.2) is 4.98 Å². The Labute approximate surface area is 111 Å². The van der Waals surface area contributed by atoms with Crippen LogP contribution in [0.25, 0.3) is 11.0 Å². The van der Waals surface area contributed by atoms with E-state index in [0.29, 0.717) is 18.0 Å². The van der Waals surface area contributed by atoms with Gasteiger partial charge in [0.25, 0.3) is 0 Å². The van der Waals surface area contributed by atoms with E-state index in [1.165, 1.54) is 0 Å². The van der Waals surface area contributed by atoms with E-state index in [1.54, 1.807) is 13.2 Å². The molecule has 0 radical (unpaired) electrons. The second kappa shape index (κ2) is 5.38. The number of nitriles is 1. The summed E-state index contributed by atoms with van der Waals surface area (Å²) in [5, 5.41) is 8.95. The molecule has 0 N–H and O–H groups in total. The maximum Gasteiger partial charge on any atom is 0.124 e. The summed E-state index contributed by atoms with van der Waals surface area (Å²) < 4.78 is 7.28. The minimum absolute atomic E-state index is 0.0649. The van der Waals surface area contributed by atoms with Crippen molar-refractivity contribution in [2.45, 2.75) is 25.5 Å². The lowest BCUT2D eigenvalue weighted by molar-refractivity contribution is 0.103. The van der Waals surface area contributed by atoms with Crippen LogP contribution in [0.1, 0.15) is 18.3 Å². The molecule has 4 nitrogen and oxygen atoms in total. The van der Waals surface area contributed by atoms with Gasteiger partial charge in [-0.1, -0.05) is 0 Å². The number of nitrogens with zero attached hydrogens (tertiary/aromatic N) is 3. The first kappa shape index (κ1) is 12.9. The number of alkyl halides is 1. The highest BCUT2D eigenvalue weighted by Crippen LogP contribution is 2.20. The summed E-state index contributed by atoms with van der Waals surface area (Å²) in [6.45, 7) is 2.65. The second-order valence-corrected chi connectivity index (χ2v) is 4.40. The number of hydrogen-bond acceptors (Lipinski definition) is 3. The molecule has 2 rings (SSSR count). The van der Waals surface area contributed by atoms with E-state index in [0.717, 1.165) is 16.9 Å². The van der Waals surface area contributed by atoms with Crippen LogP contribution < -0.4 is 0 Å². The van der Waals surface area contributed by atoms with Crippen molar-refractivity contribution >= 4 is 22.6 Å². The van der Waals surface area contributed by atoms with Crippen LogP contribution in [0.15, 0.2) is 18.2 Å². The van der Waals surface area contributed by atoms with Gasteiger partial charge in [0.2, 0.25) is 0 Å². The molecule has 94 valence electrons. The molecule has 1 heterocycles. The van der Waals surface area contributed by atoms with Crippen LogP contribution in [-0.4, -0.2) is 22.8 Å². The molecule has 0 fully saturated rings. The van der Waals surface area contributed by atoms with Crippen LogP contribution in [-0.2, 0) is 17.2 Å². The maximum absolute atomic E-state index is 8.95. The third-order valence-corrected chi connectivity index (χ3v) is 3.16. The van der Waals surface area contributed by atoms with Crippen LogP contribution in [0.4, 0.5) is 0 Å². The van der Waals surface area contributed by atoms with Crippen molar-refractivity contribution in [3.05, 3.63) is 29.6 Å². The lowest BCUT2D eigenvalue weighted by atomic mass is 10.2. The molecule has 0 bridgehead atoms. The molecule has 1 aromatic carbocycles. The van der Waals surface area contributed by atoms with Crippen LogP contribution >= 0.6 is 11.6 Å². The van der Waals surface area contributed by atoms with Gasteiger partial charge in [-0.3, -0.25) is 0 Å². The summed E-state index contributed by atoms with van der Waals surface area (Å²) in [5.74, 6) is 1.14. The average molecular weight is 264 g/mol. The van der Waals surface area contributed by atoms with Gasteiger partial charge in [0, 0.05) is 7.11 Å². The van der Waals surface area contributed by atoms with Gasteiger partial charge in [-0.15, -0.1) is 11.6 Å². The standard InChI is InChI=1S/C13H14ClN3O/c1-9(18-2)8-17-12-5-10(7-15)3-4-11(12)16-13(17)6-14/h3-5,9H,6,8H2,1-2H3. The third-order valence-electron chi connectivity index (χ3n) is 2.92. The normalized spacial score (nSPS) is 12.6. The fourth-order valence-corrected chi connectivity index (χ4v) is 2.08. The first-order chi connectivity index (χ1) is 8.69. The van der Waals surface area contributed by atoms with Crippen molar-refractivity contribution in [1.82, 2.24) is 9.55 Å². The number of halogens is 1. The lowest BCUT2D eigenvalue weighted by Gasteiger charge is -2.13. The summed E-state index contributed by atoms with van der Waals surface area (Å²) >= 11 is 5.91. The molecule has 1 aromatic heterocycles. The molecule has 0 aliphatic carbocycles. The fraction of sp³-hybridized carbons (Fsp3) is 0.385. The van der Waals surface area contributed by atoms with Crippen LogP contribution in [0, 0.1) is 11.3 Å². The van der Waals surface area contributed by atoms with E-state index in [2.05, 4.69) is 11.1 Å². The van der Waals surface area contributed by atoms with E-state index in [4.69, 9.17) is 21.6 Å². The van der Waals surface area contributed by atoms with Gasteiger partial charge in [0.05, 0.1) is 41.2 Å². The summed E-state index contributed by atoms with van der Waals surface area (Å²) in [6.07, 6.45) is 0.0649. The summed E-state index contributed by atoms with van der Waals surface area (Å²) in [7, 11) is 1.67. The van der Waals surface area contributed by atoms with Crippen molar-refractivity contribution in [1.29, 1.82) is 5.26 Å². The van der Waals surface area contributed by atoms with E-state index in [9.17, 15) is 0 Å². The first-order valence-electron chi connectivity index (χ1n) is 5.67. The van der Waals surface area contributed by atoms with Gasteiger partial charge in [-0.05, 0) is 25.1 Å². The monoisotopic (exact) mass is 263 g/mol. The predicted octanol–water partition coefficient (Wildman–Crippen LogP) is 2.68. The number of methoxy groups -OCH3 is 1. The van der Waals surface area contributed by atoms with E-state index < -0.39 is 0 Å². The molecule has 0 aliphatic rings. The number of hydrogen-bond donors (Lipinski definition) is 0. The van der Waals surface area contributed by atoms with Crippen molar-refractivity contribution in [3.8, 4) is 6.07 Å². The Bertz CT molecular complexity index is 600. The zero-order valence-corrected chi connectivity index (χ0v) is 11.1. The van der Waals surface area contributed by atoms with Crippen LogP contribution in [0.3, 0.4) is 0 Å². The number of fused-ring (bicyclic) bond motifs is 1. The van der Waals surface area contributed by atoms with Crippen molar-refractivity contribution in [3.63, 3.8) is 0 Å². The molecule has 1 atom stereocenters. The van der Waals surface area contributed by atoms with Crippen molar-refractivity contribution < 1.29 is 4.74 Å². The molecule has 0 saturated heterocycles. The summed E-state index contributed by atoms with van der Waals surface area (Å²) in [5.41, 5.74) is 2.40. The fourth-order valence-electron chi connectivity index (χ4n) is 1.88. The highest BCUT2D eigenvalue weighted by Gasteiger charge is 2.12. The van der Waals surface area contributed by atoms with Crippen LogP contribution in [0.2, 0.25) is 0 Å². The van der Waals surface area contributed by atoms with Crippen LogP contribution in [0.5, 0.6) is 0 Å². The number of aromatic nitrogens is 2. The smallest absolute Gasteiger partial charge is 0.124 e. The lowest BCUT2D eigenvalue weighted by Crippen LogP contribution is -2.16. The predicted molar refractivity (Wildman–Crippen MR) is 70.5 cm³/mol. The number of imidazole rings is 1. The minimum atomic E-state index is 0.0649. The molecule has 18 heavy (non-hydrogen) atoms. The zero-order valence-electron chi connectivity index (χ0n) is 10.4. The Hall–Kier alpha value is -1.57. The Morgan fingerprint density at radius 1 is 1.56 bits per heavy atom. The largest absolute Gasteiger partial charge is 0.380 e. The van der Waals surface area contributed by atoms with Crippen molar-refractivity contribution in [2.24, 2.45) is 0 Å². The third kappa shape index (κ3) is 2.33. The Balaban J connectivity index is 2.56. The maximum atomic E-state index is 8.95. The molecule has 5 heteroatoms. The molecule has 0 saturated carbocycles. The second-order valence-electron chi connectivity index (χ2n) is 4.13. The molecule has 2 aromatic rings. The average Bonchev–Trinajstić information content (AvgIpc) is 2.75. The topological polar surface area (TPSA) is 50.8 Å². The highest BCUT2D eigenvalue weighted by molar-refractivity contribution is 6.16. The first-order valence-corrected chi connectivity index (χ1v) is 6.21. The molecular weight excluding hydrogens is 250 g/mol. The number of benzene rings is 1. The quantitative estimate of drug-likeness (QED) is 0.797.